The first-order valence-electron chi connectivity index (χ1n) is 7.97. The molecule has 0 unspecified atom stereocenters. The van der Waals surface area contributed by atoms with Crippen LogP contribution in [0.2, 0.25) is 10.0 Å². The van der Waals surface area contributed by atoms with Crippen molar-refractivity contribution in [3.63, 3.8) is 0 Å². The lowest BCUT2D eigenvalue weighted by molar-refractivity contribution is -0.112. The van der Waals surface area contributed by atoms with Crippen LogP contribution < -0.4 is 4.90 Å². The van der Waals surface area contributed by atoms with Gasteiger partial charge in [0.1, 0.15) is 0 Å². The smallest absolute Gasteiger partial charge is 0.167 e. The van der Waals surface area contributed by atoms with Crippen LogP contribution in [0.4, 0.5) is 5.69 Å². The Hall–Kier alpha value is -1.42. The minimum Gasteiger partial charge on any atom is -0.347 e. The van der Waals surface area contributed by atoms with E-state index < -0.39 is 0 Å². The van der Waals surface area contributed by atoms with Crippen LogP contribution in [-0.4, -0.2) is 18.6 Å². The summed E-state index contributed by atoms with van der Waals surface area (Å²) in [6, 6.07) is 13.5. The van der Waals surface area contributed by atoms with E-state index in [-0.39, 0.29) is 11.2 Å². The summed E-state index contributed by atoms with van der Waals surface area (Å²) < 4.78 is 0. The molecule has 0 saturated carbocycles. The molecule has 0 spiro atoms. The molecule has 0 fully saturated rings. The predicted octanol–water partition coefficient (Wildman–Crippen LogP) is 5.97. The van der Waals surface area contributed by atoms with Crippen LogP contribution in [0, 0.1) is 0 Å². The van der Waals surface area contributed by atoms with Gasteiger partial charge in [0.25, 0.3) is 0 Å². The van der Waals surface area contributed by atoms with Gasteiger partial charge in [-0.15, -0.1) is 11.8 Å². The second kappa shape index (κ2) is 7.06. The van der Waals surface area contributed by atoms with Gasteiger partial charge in [0.15, 0.2) is 5.78 Å². The van der Waals surface area contributed by atoms with E-state index in [1.807, 2.05) is 19.2 Å². The Morgan fingerprint density at radius 1 is 1.20 bits per heavy atom. The topological polar surface area (TPSA) is 20.3 Å². The summed E-state index contributed by atoms with van der Waals surface area (Å²) in [6.45, 7) is 4.30. The third-order valence-corrected chi connectivity index (χ3v) is 6.26. The average Bonchev–Trinajstić information content (AvgIpc) is 2.77. The minimum atomic E-state index is -0.195. The third-order valence-electron chi connectivity index (χ3n) is 4.50. The predicted molar refractivity (Wildman–Crippen MR) is 108 cm³/mol. The molecular weight excluding hydrogens is 373 g/mol. The number of carbonyl (C=O) groups excluding carboxylic acids is 1. The monoisotopic (exact) mass is 391 g/mol. The maximum atomic E-state index is 12.6. The van der Waals surface area contributed by atoms with Gasteiger partial charge in [0, 0.05) is 39.8 Å². The molecule has 25 heavy (non-hydrogen) atoms. The molecule has 0 bridgehead atoms. The highest BCUT2D eigenvalue weighted by molar-refractivity contribution is 8.00. The number of fused-ring (bicyclic) bond motifs is 1. The van der Waals surface area contributed by atoms with Gasteiger partial charge in [-0.05, 0) is 29.8 Å². The molecule has 0 aliphatic carbocycles. The SMILES string of the molecule is CN1/C(=C\C(=O)CSc2cc(Cl)ccc2Cl)C(C)(C)c2ccccc21. The Balaban J connectivity index is 1.79. The number of carbonyl (C=O) groups is 1. The molecule has 0 aromatic heterocycles. The van der Waals surface area contributed by atoms with E-state index >= 15 is 0 Å². The van der Waals surface area contributed by atoms with Gasteiger partial charge in [0.2, 0.25) is 0 Å². The second-order valence-corrected chi connectivity index (χ2v) is 8.42. The van der Waals surface area contributed by atoms with Gasteiger partial charge in [-0.3, -0.25) is 4.79 Å². The van der Waals surface area contributed by atoms with Crippen LogP contribution in [-0.2, 0) is 10.2 Å². The second-order valence-electron chi connectivity index (χ2n) is 6.56. The summed E-state index contributed by atoms with van der Waals surface area (Å²) in [5, 5.41) is 1.23. The molecule has 0 saturated heterocycles. The number of rotatable bonds is 4. The van der Waals surface area contributed by atoms with E-state index in [0.29, 0.717) is 15.8 Å². The summed E-state index contributed by atoms with van der Waals surface area (Å²) in [5.74, 6) is 0.382. The first-order valence-corrected chi connectivity index (χ1v) is 9.71. The van der Waals surface area contributed by atoms with Crippen LogP contribution in [0.25, 0.3) is 0 Å². The number of thioether (sulfide) groups is 1. The summed E-state index contributed by atoms with van der Waals surface area (Å²) in [6.07, 6.45) is 1.76. The molecular formula is C20H19Cl2NOS. The van der Waals surface area contributed by atoms with Crippen molar-refractivity contribution in [2.75, 3.05) is 17.7 Å². The molecule has 5 heteroatoms. The fraction of sp³-hybridized carbons (Fsp3) is 0.250. The van der Waals surface area contributed by atoms with E-state index in [4.69, 9.17) is 23.2 Å². The zero-order valence-electron chi connectivity index (χ0n) is 14.3. The van der Waals surface area contributed by atoms with E-state index in [1.165, 1.54) is 17.3 Å². The van der Waals surface area contributed by atoms with Crippen molar-refractivity contribution in [1.29, 1.82) is 0 Å². The van der Waals surface area contributed by atoms with Crippen molar-refractivity contribution in [2.45, 2.75) is 24.2 Å². The number of nitrogens with zero attached hydrogens (tertiary/aromatic N) is 1. The number of allylic oxidation sites excluding steroid dienone is 2. The third kappa shape index (κ3) is 3.59. The number of likely N-dealkylation sites (N-methyl/N-ethyl adjacent to an activating group) is 1. The van der Waals surface area contributed by atoms with E-state index in [1.54, 1.807) is 24.3 Å². The zero-order chi connectivity index (χ0) is 18.2. The van der Waals surface area contributed by atoms with Crippen molar-refractivity contribution in [3.8, 4) is 0 Å². The van der Waals surface area contributed by atoms with Crippen LogP contribution in [0.3, 0.4) is 0 Å². The molecule has 2 aromatic rings. The Bertz CT molecular complexity index is 861. The number of hydrogen-bond donors (Lipinski definition) is 0. The van der Waals surface area contributed by atoms with Crippen LogP contribution >= 0.6 is 35.0 Å². The van der Waals surface area contributed by atoms with Crippen molar-refractivity contribution in [3.05, 3.63) is 69.8 Å². The molecule has 3 rings (SSSR count). The van der Waals surface area contributed by atoms with Crippen molar-refractivity contribution < 1.29 is 4.79 Å². The summed E-state index contributed by atoms with van der Waals surface area (Å²) in [7, 11) is 2.01. The van der Waals surface area contributed by atoms with Gasteiger partial charge >= 0.3 is 0 Å². The number of benzene rings is 2. The van der Waals surface area contributed by atoms with Gasteiger partial charge in [0.05, 0.1) is 10.8 Å². The zero-order valence-corrected chi connectivity index (χ0v) is 16.7. The maximum Gasteiger partial charge on any atom is 0.167 e. The van der Waals surface area contributed by atoms with Gasteiger partial charge in [-0.2, -0.15) is 0 Å². The Morgan fingerprint density at radius 3 is 2.64 bits per heavy atom. The van der Waals surface area contributed by atoms with Crippen molar-refractivity contribution in [1.82, 2.24) is 0 Å². The van der Waals surface area contributed by atoms with Crippen LogP contribution in [0.5, 0.6) is 0 Å². The molecule has 2 nitrogen and oxygen atoms in total. The summed E-state index contributed by atoms with van der Waals surface area (Å²) >= 11 is 13.6. The number of halogens is 2. The number of anilines is 1. The van der Waals surface area contributed by atoms with Crippen LogP contribution in [0.15, 0.2) is 59.1 Å². The Kier molecular flexibility index (Phi) is 5.19. The fourth-order valence-corrected chi connectivity index (χ4v) is 4.51. The first-order chi connectivity index (χ1) is 11.8. The van der Waals surface area contributed by atoms with Crippen molar-refractivity contribution >= 4 is 46.4 Å². The summed E-state index contributed by atoms with van der Waals surface area (Å²) in [4.78, 5) is 15.5. The normalized spacial score (nSPS) is 17.0. The number of ketones is 1. The molecule has 1 aliphatic heterocycles. The minimum absolute atomic E-state index is 0.0590. The van der Waals surface area contributed by atoms with E-state index in [9.17, 15) is 4.79 Å². The highest BCUT2D eigenvalue weighted by Gasteiger charge is 2.38. The maximum absolute atomic E-state index is 12.6. The molecule has 1 heterocycles. The summed E-state index contributed by atoms with van der Waals surface area (Å²) in [5.41, 5.74) is 3.20. The first kappa shape index (κ1) is 18.4. The number of hydrogen-bond acceptors (Lipinski definition) is 3. The lowest BCUT2D eigenvalue weighted by Crippen LogP contribution is -2.24. The van der Waals surface area contributed by atoms with Gasteiger partial charge < -0.3 is 4.90 Å². The molecule has 0 N–H and O–H groups in total. The lowest BCUT2D eigenvalue weighted by atomic mass is 9.83. The largest absolute Gasteiger partial charge is 0.347 e. The average molecular weight is 392 g/mol. The van der Waals surface area contributed by atoms with Crippen LogP contribution in [0.1, 0.15) is 19.4 Å². The van der Waals surface area contributed by atoms with Crippen molar-refractivity contribution in [2.24, 2.45) is 0 Å². The molecule has 0 atom stereocenters. The Labute approximate surface area is 162 Å². The Morgan fingerprint density at radius 2 is 1.92 bits per heavy atom. The standard InChI is InChI=1S/C20H19Cl2NOS/c1-20(2)15-6-4-5-7-17(15)23(3)19(20)11-14(24)12-25-18-10-13(21)8-9-16(18)22/h4-11H,12H2,1-3H3/b19-11-. The molecule has 1 aliphatic rings. The highest BCUT2D eigenvalue weighted by atomic mass is 35.5. The van der Waals surface area contributed by atoms with Gasteiger partial charge in [-0.25, -0.2) is 0 Å². The van der Waals surface area contributed by atoms with Gasteiger partial charge in [-0.1, -0.05) is 55.2 Å². The molecule has 0 amide bonds. The molecule has 0 radical (unpaired) electrons. The molecule has 130 valence electrons. The lowest BCUT2D eigenvalue weighted by Gasteiger charge is -2.23. The van der Waals surface area contributed by atoms with E-state index in [0.717, 1.165) is 16.3 Å². The van der Waals surface area contributed by atoms with E-state index in [2.05, 4.69) is 30.9 Å². The quantitative estimate of drug-likeness (QED) is 0.473. The fourth-order valence-electron chi connectivity index (χ4n) is 3.19. The highest BCUT2D eigenvalue weighted by Crippen LogP contribution is 2.46. The number of para-hydroxylation sites is 1. The molecule has 2 aromatic carbocycles.